The van der Waals surface area contributed by atoms with Crippen molar-refractivity contribution >= 4 is 18.6 Å². The van der Waals surface area contributed by atoms with E-state index in [-0.39, 0.29) is 23.9 Å². The molecule has 0 spiro atoms. The fourth-order valence-electron chi connectivity index (χ4n) is 2.56. The minimum atomic E-state index is -4.79. The largest absolute Gasteiger partial charge is 0.416 e. The Bertz CT molecular complexity index is 967. The number of benzene rings is 1. The maximum atomic E-state index is 12.7. The number of nitrogens with zero attached hydrogens (tertiary/aromatic N) is 1. The molecule has 0 aliphatic heterocycles. The van der Waals surface area contributed by atoms with Crippen molar-refractivity contribution in [2.24, 2.45) is 0 Å². The van der Waals surface area contributed by atoms with Gasteiger partial charge in [0.2, 0.25) is 0 Å². The molecule has 0 saturated heterocycles. The van der Waals surface area contributed by atoms with E-state index in [1.54, 1.807) is 0 Å². The Labute approximate surface area is 125 Å². The summed E-state index contributed by atoms with van der Waals surface area (Å²) in [6.45, 7) is 0. The summed E-state index contributed by atoms with van der Waals surface area (Å²) in [6.07, 6.45) is -4.75. The third kappa shape index (κ3) is 2.34. The van der Waals surface area contributed by atoms with E-state index >= 15 is 0 Å². The molecule has 2 aromatic rings. The minimum absolute atomic E-state index is 0.0449. The topological polar surface area (TPSA) is 112 Å². The van der Waals surface area contributed by atoms with Gasteiger partial charge in [0.25, 0.3) is 0 Å². The lowest BCUT2D eigenvalue weighted by atomic mass is 10.2. The molecule has 1 saturated carbocycles. The van der Waals surface area contributed by atoms with Crippen molar-refractivity contribution in [3.8, 4) is 0 Å². The molecule has 0 radical (unpaired) electrons. The van der Waals surface area contributed by atoms with Gasteiger partial charge in [0, 0.05) is 0 Å². The van der Waals surface area contributed by atoms with Crippen LogP contribution in [-0.4, -0.2) is 19.3 Å². The second-order valence-electron chi connectivity index (χ2n) is 5.35. The summed E-state index contributed by atoms with van der Waals surface area (Å²) in [5.41, 5.74) is -3.98. The summed E-state index contributed by atoms with van der Waals surface area (Å²) in [7, 11) is -4.79. The van der Waals surface area contributed by atoms with Gasteiger partial charge < -0.3 is 14.8 Å². The molecule has 3 rings (SSSR count). The van der Waals surface area contributed by atoms with Crippen LogP contribution in [0.15, 0.2) is 27.8 Å². The van der Waals surface area contributed by atoms with Gasteiger partial charge in [-0.15, -0.1) is 0 Å². The van der Waals surface area contributed by atoms with Crippen LogP contribution in [0.2, 0.25) is 0 Å². The summed E-state index contributed by atoms with van der Waals surface area (Å²) in [4.78, 5) is 44.7. The van der Waals surface area contributed by atoms with Crippen molar-refractivity contribution in [3.05, 3.63) is 44.5 Å². The number of nitrogens with one attached hydrogen (secondary N) is 1. The number of hydrogen-bond donors (Lipinski definition) is 3. The molecule has 1 heterocycles. The first-order valence-electron chi connectivity index (χ1n) is 6.40. The number of aromatic amines is 1. The third-order valence-electron chi connectivity index (χ3n) is 3.87. The Morgan fingerprint density at radius 3 is 2.30 bits per heavy atom. The Morgan fingerprint density at radius 1 is 1.22 bits per heavy atom. The lowest BCUT2D eigenvalue weighted by molar-refractivity contribution is -0.137. The summed E-state index contributed by atoms with van der Waals surface area (Å²) >= 11 is 0. The molecule has 1 aliphatic rings. The van der Waals surface area contributed by atoms with Crippen LogP contribution >= 0.6 is 7.60 Å². The molecule has 3 N–H and O–H groups in total. The number of alkyl halides is 3. The third-order valence-corrected chi connectivity index (χ3v) is 5.60. The van der Waals surface area contributed by atoms with Gasteiger partial charge in [0.1, 0.15) is 5.28 Å². The first-order valence-corrected chi connectivity index (χ1v) is 8.01. The molecule has 1 aromatic carbocycles. The van der Waals surface area contributed by atoms with Gasteiger partial charge in [-0.05, 0) is 31.0 Å². The maximum Gasteiger partial charge on any atom is 0.416 e. The molecular weight excluding hydrogens is 340 g/mol. The van der Waals surface area contributed by atoms with E-state index in [2.05, 4.69) is 0 Å². The van der Waals surface area contributed by atoms with Gasteiger partial charge in [-0.25, -0.2) is 0 Å². The van der Waals surface area contributed by atoms with Gasteiger partial charge in [-0.2, -0.15) is 13.2 Å². The van der Waals surface area contributed by atoms with E-state index in [0.29, 0.717) is 16.7 Å². The average Bonchev–Trinajstić information content (AvgIpc) is 3.19. The summed E-state index contributed by atoms with van der Waals surface area (Å²) < 4.78 is 50.6. The van der Waals surface area contributed by atoms with E-state index < -0.39 is 35.7 Å². The molecule has 7 nitrogen and oxygen atoms in total. The molecule has 0 atom stereocenters. The van der Waals surface area contributed by atoms with Gasteiger partial charge in [0.05, 0.1) is 16.6 Å². The van der Waals surface area contributed by atoms with Gasteiger partial charge >= 0.3 is 24.9 Å². The molecular formula is C12H10F3N2O5P. The Morgan fingerprint density at radius 2 is 1.83 bits per heavy atom. The number of aromatic nitrogens is 2. The van der Waals surface area contributed by atoms with E-state index in [0.717, 1.165) is 6.07 Å². The average molecular weight is 350 g/mol. The zero-order valence-corrected chi connectivity index (χ0v) is 12.2. The van der Waals surface area contributed by atoms with Crippen molar-refractivity contribution in [1.29, 1.82) is 0 Å². The smallest absolute Gasteiger partial charge is 0.323 e. The zero-order valence-electron chi connectivity index (χ0n) is 11.3. The monoisotopic (exact) mass is 350 g/mol. The summed E-state index contributed by atoms with van der Waals surface area (Å²) in [5.74, 6) is 0. The second-order valence-corrected chi connectivity index (χ2v) is 7.27. The van der Waals surface area contributed by atoms with Crippen LogP contribution in [-0.2, 0) is 16.0 Å². The first kappa shape index (κ1) is 16.0. The van der Waals surface area contributed by atoms with Crippen LogP contribution in [0.3, 0.4) is 0 Å². The van der Waals surface area contributed by atoms with E-state index in [1.807, 2.05) is 4.98 Å². The Balaban J connectivity index is 2.39. The van der Waals surface area contributed by atoms with Crippen molar-refractivity contribution in [1.82, 2.24) is 9.55 Å². The molecule has 1 aromatic heterocycles. The van der Waals surface area contributed by atoms with Gasteiger partial charge in [0.15, 0.2) is 0 Å². The van der Waals surface area contributed by atoms with E-state index in [1.165, 1.54) is 0 Å². The highest BCUT2D eigenvalue weighted by Crippen LogP contribution is 2.68. The minimum Gasteiger partial charge on any atom is -0.323 e. The first-order chi connectivity index (χ1) is 10.5. The predicted molar refractivity (Wildman–Crippen MR) is 73.1 cm³/mol. The van der Waals surface area contributed by atoms with Crippen LogP contribution in [0.1, 0.15) is 18.4 Å². The Kier molecular flexibility index (Phi) is 3.17. The summed E-state index contributed by atoms with van der Waals surface area (Å²) in [5, 5.41) is -1.86. The number of H-pyrrole nitrogens is 1. The second kappa shape index (κ2) is 4.56. The highest BCUT2D eigenvalue weighted by Gasteiger charge is 2.60. The fourth-order valence-corrected chi connectivity index (χ4v) is 3.72. The lowest BCUT2D eigenvalue weighted by Gasteiger charge is -2.22. The SMILES string of the molecule is O=c1[nH]c2cc(C(F)(F)F)ccc2n(C2(P(=O)(O)O)CC2)c1=O. The molecule has 1 aliphatic carbocycles. The number of hydrogen-bond acceptors (Lipinski definition) is 3. The van der Waals surface area contributed by atoms with Crippen LogP contribution in [0.25, 0.3) is 11.0 Å². The molecule has 0 amide bonds. The summed E-state index contributed by atoms with van der Waals surface area (Å²) in [6, 6.07) is 2.24. The molecule has 0 unspecified atom stereocenters. The number of halogens is 3. The van der Waals surface area contributed by atoms with Gasteiger partial charge in [-0.1, -0.05) is 0 Å². The highest BCUT2D eigenvalue weighted by molar-refractivity contribution is 7.53. The van der Waals surface area contributed by atoms with Crippen LogP contribution in [0.4, 0.5) is 13.2 Å². The normalized spacial score (nSPS) is 17.4. The van der Waals surface area contributed by atoms with Crippen LogP contribution < -0.4 is 11.1 Å². The molecule has 124 valence electrons. The van der Waals surface area contributed by atoms with Crippen LogP contribution in [0.5, 0.6) is 0 Å². The molecule has 1 fully saturated rings. The Hall–Kier alpha value is -1.90. The fraction of sp³-hybridized carbons (Fsp3) is 0.333. The quantitative estimate of drug-likeness (QED) is 0.559. The van der Waals surface area contributed by atoms with E-state index in [9.17, 15) is 37.1 Å². The van der Waals surface area contributed by atoms with Gasteiger partial charge in [-0.3, -0.25) is 18.7 Å². The molecule has 0 bridgehead atoms. The lowest BCUT2D eigenvalue weighted by Crippen LogP contribution is -2.41. The van der Waals surface area contributed by atoms with Crippen molar-refractivity contribution < 1.29 is 27.5 Å². The predicted octanol–water partition coefficient (Wildman–Crippen LogP) is 1.33. The van der Waals surface area contributed by atoms with Crippen molar-refractivity contribution in [2.75, 3.05) is 0 Å². The maximum absolute atomic E-state index is 12.7. The highest BCUT2D eigenvalue weighted by atomic mass is 31.2. The number of fused-ring (bicyclic) bond motifs is 1. The molecule has 23 heavy (non-hydrogen) atoms. The van der Waals surface area contributed by atoms with E-state index in [4.69, 9.17) is 0 Å². The van der Waals surface area contributed by atoms with Crippen LogP contribution in [0, 0.1) is 0 Å². The van der Waals surface area contributed by atoms with Crippen molar-refractivity contribution in [2.45, 2.75) is 24.3 Å². The number of rotatable bonds is 2. The van der Waals surface area contributed by atoms with Crippen molar-refractivity contribution in [3.63, 3.8) is 0 Å². The zero-order chi connectivity index (χ0) is 17.2. The standard InChI is InChI=1S/C12H10F3N2O5P/c13-12(14,15)6-1-2-8-7(5-6)16-9(18)10(19)17(8)11(3-4-11)23(20,21)22/h1-2,5H,3-4H2,(H,16,18)(H2,20,21,22). The molecule has 11 heteroatoms.